The summed E-state index contributed by atoms with van der Waals surface area (Å²) in [6.45, 7) is 3.57. The molecule has 1 atom stereocenters. The molecule has 3 nitrogen and oxygen atoms in total. The molecule has 72 valence electrons. The van der Waals surface area contributed by atoms with Crippen molar-refractivity contribution in [2.45, 2.75) is 25.1 Å². The van der Waals surface area contributed by atoms with Crippen molar-refractivity contribution in [3.63, 3.8) is 0 Å². The molecule has 0 radical (unpaired) electrons. The summed E-state index contributed by atoms with van der Waals surface area (Å²) in [5.41, 5.74) is 2.07. The van der Waals surface area contributed by atoms with Crippen molar-refractivity contribution >= 4 is 21.7 Å². The van der Waals surface area contributed by atoms with Crippen LogP contribution < -0.4 is 0 Å². The van der Waals surface area contributed by atoms with Gasteiger partial charge in [0.15, 0.2) is 0 Å². The van der Waals surface area contributed by atoms with Crippen LogP contribution in [-0.2, 0) is 18.3 Å². The third-order valence-corrected chi connectivity index (χ3v) is 2.96. The molecule has 0 bridgehead atoms. The Bertz CT molecular complexity index is 300. The van der Waals surface area contributed by atoms with Gasteiger partial charge < -0.3 is 0 Å². The molecular formula is C9H13BrN2O. The van der Waals surface area contributed by atoms with Gasteiger partial charge in [-0.3, -0.25) is 9.48 Å². The Morgan fingerprint density at radius 1 is 1.77 bits per heavy atom. The smallest absolute Gasteiger partial charge is 0.143 e. The van der Waals surface area contributed by atoms with E-state index in [-0.39, 0.29) is 10.6 Å². The summed E-state index contributed by atoms with van der Waals surface area (Å²) in [7, 11) is 1.90. The Balaban J connectivity index is 2.69. The number of carbonyl (C=O) groups excluding carboxylic acids is 1. The van der Waals surface area contributed by atoms with E-state index in [0.29, 0.717) is 6.42 Å². The maximum Gasteiger partial charge on any atom is 0.143 e. The van der Waals surface area contributed by atoms with Gasteiger partial charge in [0.2, 0.25) is 0 Å². The predicted molar refractivity (Wildman–Crippen MR) is 55.0 cm³/mol. The SMILES string of the molecule is CC(=O)C(Br)Cc1cc(C)n(C)n1. The maximum atomic E-state index is 11.0. The quantitative estimate of drug-likeness (QED) is 0.758. The van der Waals surface area contributed by atoms with Crippen LogP contribution in [0.4, 0.5) is 0 Å². The van der Waals surface area contributed by atoms with Crippen molar-refractivity contribution in [1.29, 1.82) is 0 Å². The van der Waals surface area contributed by atoms with E-state index >= 15 is 0 Å². The molecule has 0 aliphatic carbocycles. The Hall–Kier alpha value is -0.640. The number of aromatic nitrogens is 2. The Kier molecular flexibility index (Phi) is 3.25. The molecule has 13 heavy (non-hydrogen) atoms. The molecule has 0 aromatic carbocycles. The first-order valence-electron chi connectivity index (χ1n) is 4.14. The first-order chi connectivity index (χ1) is 6.00. The van der Waals surface area contributed by atoms with Crippen LogP contribution >= 0.6 is 15.9 Å². The summed E-state index contributed by atoms with van der Waals surface area (Å²) in [6, 6.07) is 2.00. The van der Waals surface area contributed by atoms with Crippen molar-refractivity contribution in [2.75, 3.05) is 0 Å². The summed E-state index contributed by atoms with van der Waals surface area (Å²) < 4.78 is 1.81. The van der Waals surface area contributed by atoms with E-state index in [1.54, 1.807) is 6.92 Å². The van der Waals surface area contributed by atoms with Gasteiger partial charge in [0, 0.05) is 19.2 Å². The highest BCUT2D eigenvalue weighted by molar-refractivity contribution is 9.10. The van der Waals surface area contributed by atoms with Gasteiger partial charge in [-0.15, -0.1) is 0 Å². The number of aryl methyl sites for hydroxylation is 2. The minimum absolute atomic E-state index is 0.109. The average Bonchev–Trinajstić information content (AvgIpc) is 2.31. The molecule has 0 aliphatic heterocycles. The molecule has 1 unspecified atom stereocenters. The van der Waals surface area contributed by atoms with Gasteiger partial charge in [-0.2, -0.15) is 5.10 Å². The highest BCUT2D eigenvalue weighted by Crippen LogP contribution is 2.10. The zero-order valence-corrected chi connectivity index (χ0v) is 9.63. The minimum atomic E-state index is -0.109. The second kappa shape index (κ2) is 4.05. The van der Waals surface area contributed by atoms with Crippen LogP contribution in [0, 0.1) is 6.92 Å². The number of Topliss-reactive ketones (excluding diaryl/α,β-unsaturated/α-hetero) is 1. The molecule has 1 aromatic rings. The highest BCUT2D eigenvalue weighted by atomic mass is 79.9. The summed E-state index contributed by atoms with van der Waals surface area (Å²) >= 11 is 3.31. The van der Waals surface area contributed by atoms with E-state index in [1.807, 2.05) is 24.7 Å². The summed E-state index contributed by atoms with van der Waals surface area (Å²) in [5, 5.41) is 4.27. The first kappa shape index (κ1) is 10.4. The summed E-state index contributed by atoms with van der Waals surface area (Å²) in [5.74, 6) is 0.142. The predicted octanol–water partition coefficient (Wildman–Crippen LogP) is 1.62. The number of rotatable bonds is 3. The molecule has 0 aliphatic rings. The minimum Gasteiger partial charge on any atom is -0.299 e. The van der Waals surface area contributed by atoms with Gasteiger partial charge in [-0.1, -0.05) is 15.9 Å². The zero-order valence-electron chi connectivity index (χ0n) is 8.04. The summed E-state index contributed by atoms with van der Waals surface area (Å²) in [4.78, 5) is 10.8. The Morgan fingerprint density at radius 2 is 2.38 bits per heavy atom. The van der Waals surface area contributed by atoms with Gasteiger partial charge in [0.25, 0.3) is 0 Å². The van der Waals surface area contributed by atoms with E-state index in [0.717, 1.165) is 11.4 Å². The lowest BCUT2D eigenvalue weighted by Gasteiger charge is -2.01. The molecule has 4 heteroatoms. The zero-order chi connectivity index (χ0) is 10.0. The van der Waals surface area contributed by atoms with Crippen molar-refractivity contribution in [2.24, 2.45) is 7.05 Å². The molecule has 0 N–H and O–H groups in total. The maximum absolute atomic E-state index is 11.0. The highest BCUT2D eigenvalue weighted by Gasteiger charge is 2.12. The monoisotopic (exact) mass is 244 g/mol. The number of nitrogens with zero attached hydrogens (tertiary/aromatic N) is 2. The largest absolute Gasteiger partial charge is 0.299 e. The van der Waals surface area contributed by atoms with Crippen molar-refractivity contribution in [1.82, 2.24) is 9.78 Å². The van der Waals surface area contributed by atoms with E-state index in [9.17, 15) is 4.79 Å². The number of hydrogen-bond acceptors (Lipinski definition) is 2. The van der Waals surface area contributed by atoms with Gasteiger partial charge in [0.1, 0.15) is 5.78 Å². The van der Waals surface area contributed by atoms with Gasteiger partial charge in [0.05, 0.1) is 10.5 Å². The molecule has 0 spiro atoms. The molecule has 0 fully saturated rings. The fourth-order valence-corrected chi connectivity index (χ4v) is 1.39. The van der Waals surface area contributed by atoms with Crippen LogP contribution in [0.2, 0.25) is 0 Å². The van der Waals surface area contributed by atoms with Crippen LogP contribution in [0.25, 0.3) is 0 Å². The summed E-state index contributed by atoms with van der Waals surface area (Å²) in [6.07, 6.45) is 0.664. The lowest BCUT2D eigenvalue weighted by atomic mass is 10.2. The number of hydrogen-bond donors (Lipinski definition) is 0. The van der Waals surface area contributed by atoms with Crippen molar-refractivity contribution in [3.05, 3.63) is 17.5 Å². The van der Waals surface area contributed by atoms with E-state index in [4.69, 9.17) is 0 Å². The third-order valence-electron chi connectivity index (χ3n) is 1.99. The fourth-order valence-electron chi connectivity index (χ4n) is 1.06. The Morgan fingerprint density at radius 3 is 2.77 bits per heavy atom. The lowest BCUT2D eigenvalue weighted by Crippen LogP contribution is -2.13. The van der Waals surface area contributed by atoms with Gasteiger partial charge in [-0.05, 0) is 19.9 Å². The van der Waals surface area contributed by atoms with Gasteiger partial charge in [-0.25, -0.2) is 0 Å². The van der Waals surface area contributed by atoms with E-state index in [1.165, 1.54) is 0 Å². The van der Waals surface area contributed by atoms with E-state index < -0.39 is 0 Å². The normalized spacial score (nSPS) is 12.9. The van der Waals surface area contributed by atoms with Crippen molar-refractivity contribution in [3.8, 4) is 0 Å². The van der Waals surface area contributed by atoms with Crippen LogP contribution in [0.5, 0.6) is 0 Å². The first-order valence-corrected chi connectivity index (χ1v) is 5.06. The van der Waals surface area contributed by atoms with Gasteiger partial charge >= 0.3 is 0 Å². The second-order valence-corrected chi connectivity index (χ2v) is 4.29. The number of alkyl halides is 1. The molecule has 1 aromatic heterocycles. The van der Waals surface area contributed by atoms with Crippen LogP contribution in [-0.4, -0.2) is 20.4 Å². The molecule has 0 saturated carbocycles. The van der Waals surface area contributed by atoms with Crippen LogP contribution in [0.1, 0.15) is 18.3 Å². The van der Waals surface area contributed by atoms with E-state index in [2.05, 4.69) is 21.0 Å². The molecule has 1 heterocycles. The van der Waals surface area contributed by atoms with Crippen molar-refractivity contribution < 1.29 is 4.79 Å². The molecule has 1 rings (SSSR count). The second-order valence-electron chi connectivity index (χ2n) is 3.18. The Labute approximate surface area is 86.3 Å². The molecular weight excluding hydrogens is 232 g/mol. The number of halogens is 1. The fraction of sp³-hybridized carbons (Fsp3) is 0.556. The standard InChI is InChI=1S/C9H13BrN2O/c1-6-4-8(11-12(6)3)5-9(10)7(2)13/h4,9H,5H2,1-3H3. The number of carbonyl (C=O) groups is 1. The van der Waals surface area contributed by atoms with Crippen LogP contribution in [0.3, 0.4) is 0 Å². The number of ketones is 1. The average molecular weight is 245 g/mol. The topological polar surface area (TPSA) is 34.9 Å². The molecule has 0 amide bonds. The lowest BCUT2D eigenvalue weighted by molar-refractivity contribution is -0.116. The third kappa shape index (κ3) is 2.66. The van der Waals surface area contributed by atoms with Crippen LogP contribution in [0.15, 0.2) is 6.07 Å². The molecule has 0 saturated heterocycles.